The monoisotopic (exact) mass is 454 g/mol. The van der Waals surface area contributed by atoms with Gasteiger partial charge in [-0.3, -0.25) is 4.79 Å². The van der Waals surface area contributed by atoms with Crippen LogP contribution in [0.25, 0.3) is 16.5 Å². The van der Waals surface area contributed by atoms with Gasteiger partial charge in [-0.25, -0.2) is 15.0 Å². The second kappa shape index (κ2) is 9.04. The van der Waals surface area contributed by atoms with Crippen LogP contribution >= 0.6 is 22.7 Å². The fraction of sp³-hybridized carbons (Fsp3) is 0.286. The second-order valence-electron chi connectivity index (χ2n) is 6.99. The molecule has 160 valence electrons. The molecule has 10 heteroatoms. The summed E-state index contributed by atoms with van der Waals surface area (Å²) in [6.07, 6.45) is 3.24. The number of aryl methyl sites for hydroxylation is 1. The average Bonchev–Trinajstić information content (AvgIpc) is 3.54. The molecule has 0 saturated carbocycles. The van der Waals surface area contributed by atoms with E-state index in [-0.39, 0.29) is 18.6 Å². The molecule has 0 saturated heterocycles. The quantitative estimate of drug-likeness (QED) is 0.417. The molecule has 1 amide bonds. The van der Waals surface area contributed by atoms with Crippen LogP contribution < -0.4 is 0 Å². The molecular formula is C21H22N6O2S2. The van der Waals surface area contributed by atoms with Crippen LogP contribution in [0.5, 0.6) is 0 Å². The van der Waals surface area contributed by atoms with Crippen molar-refractivity contribution in [2.24, 2.45) is 0 Å². The average molecular weight is 455 g/mol. The molecule has 0 aliphatic carbocycles. The molecule has 0 unspecified atom stereocenters. The maximum atomic E-state index is 13.3. The van der Waals surface area contributed by atoms with Gasteiger partial charge in [0, 0.05) is 31.4 Å². The molecule has 4 aromatic heterocycles. The van der Waals surface area contributed by atoms with Gasteiger partial charge in [-0.15, -0.1) is 22.7 Å². The Morgan fingerprint density at radius 1 is 1.29 bits per heavy atom. The Bertz CT molecular complexity index is 1180. The molecule has 1 atom stereocenters. The smallest absolute Gasteiger partial charge is 0.257 e. The molecule has 0 N–H and O–H groups in total. The fourth-order valence-corrected chi connectivity index (χ4v) is 4.70. The Hall–Kier alpha value is -2.95. The summed E-state index contributed by atoms with van der Waals surface area (Å²) < 4.78 is 6.94. The van der Waals surface area contributed by atoms with Crippen molar-refractivity contribution in [3.05, 3.63) is 63.3 Å². The van der Waals surface area contributed by atoms with Crippen LogP contribution in [0, 0.1) is 6.92 Å². The molecule has 0 aromatic carbocycles. The minimum Gasteiger partial charge on any atom is -0.378 e. The lowest BCUT2D eigenvalue weighted by Crippen LogP contribution is -2.30. The molecule has 4 heterocycles. The van der Waals surface area contributed by atoms with E-state index in [9.17, 15) is 4.79 Å². The van der Waals surface area contributed by atoms with Crippen molar-refractivity contribution < 1.29 is 9.53 Å². The minimum absolute atomic E-state index is 0.159. The summed E-state index contributed by atoms with van der Waals surface area (Å²) in [5.74, 6) is 0.233. The van der Waals surface area contributed by atoms with E-state index in [0.717, 1.165) is 21.3 Å². The fourth-order valence-electron chi connectivity index (χ4n) is 3.11. The van der Waals surface area contributed by atoms with Gasteiger partial charge in [-0.05, 0) is 31.4 Å². The van der Waals surface area contributed by atoms with Gasteiger partial charge in [0.15, 0.2) is 0 Å². The Kier molecular flexibility index (Phi) is 6.21. The summed E-state index contributed by atoms with van der Waals surface area (Å²) in [6, 6.07) is 5.67. The molecule has 0 radical (unpaired) electrons. The van der Waals surface area contributed by atoms with E-state index in [1.807, 2.05) is 42.8 Å². The van der Waals surface area contributed by atoms with Gasteiger partial charge in [-0.2, -0.15) is 9.78 Å². The second-order valence-corrected chi connectivity index (χ2v) is 8.83. The number of hydrogen-bond donors (Lipinski definition) is 0. The molecule has 4 aromatic rings. The van der Waals surface area contributed by atoms with Gasteiger partial charge in [-0.1, -0.05) is 6.07 Å². The molecule has 31 heavy (non-hydrogen) atoms. The van der Waals surface area contributed by atoms with Crippen molar-refractivity contribution in [3.8, 4) is 16.5 Å². The van der Waals surface area contributed by atoms with Crippen molar-refractivity contribution >= 4 is 28.6 Å². The van der Waals surface area contributed by atoms with Crippen molar-refractivity contribution in [1.29, 1.82) is 0 Å². The lowest BCUT2D eigenvalue weighted by Gasteiger charge is -2.23. The van der Waals surface area contributed by atoms with E-state index < -0.39 is 0 Å². The van der Waals surface area contributed by atoms with Crippen LogP contribution in [-0.2, 0) is 11.3 Å². The molecule has 0 spiro atoms. The van der Waals surface area contributed by atoms with Crippen molar-refractivity contribution in [1.82, 2.24) is 29.6 Å². The predicted octanol–water partition coefficient (Wildman–Crippen LogP) is 4.14. The standard InChI is InChI=1S/C21H22N6O2S2/c1-13-12-31-19(24-13)14(2)26(3)20(28)15-10-23-27(17(15)11-29-4)21-22-8-7-16(25-21)18-6-5-9-30-18/h5-10,12,14H,11H2,1-4H3/t14-/m0/s1. The highest BCUT2D eigenvalue weighted by Crippen LogP contribution is 2.26. The number of nitrogens with zero attached hydrogens (tertiary/aromatic N) is 6. The zero-order valence-corrected chi connectivity index (χ0v) is 19.3. The van der Waals surface area contributed by atoms with E-state index in [0.29, 0.717) is 17.2 Å². The summed E-state index contributed by atoms with van der Waals surface area (Å²) in [6.45, 7) is 4.11. The molecule has 4 rings (SSSR count). The normalized spacial score (nSPS) is 12.1. The number of aromatic nitrogens is 5. The van der Waals surface area contributed by atoms with E-state index in [4.69, 9.17) is 4.74 Å². The topological polar surface area (TPSA) is 86.0 Å². The lowest BCUT2D eigenvalue weighted by atomic mass is 10.2. The molecule has 0 fully saturated rings. The zero-order chi connectivity index (χ0) is 22.0. The third-order valence-electron chi connectivity index (χ3n) is 4.88. The Morgan fingerprint density at radius 3 is 2.81 bits per heavy atom. The highest BCUT2D eigenvalue weighted by molar-refractivity contribution is 7.13. The molecule has 0 aliphatic heterocycles. The summed E-state index contributed by atoms with van der Waals surface area (Å²) in [4.78, 5) is 29.5. The summed E-state index contributed by atoms with van der Waals surface area (Å²) in [5, 5.41) is 9.29. The highest BCUT2D eigenvalue weighted by atomic mass is 32.1. The first-order chi connectivity index (χ1) is 15.0. The van der Waals surface area contributed by atoms with Gasteiger partial charge in [0.2, 0.25) is 0 Å². The Balaban J connectivity index is 1.68. The number of amides is 1. The number of methoxy groups -OCH3 is 1. The summed E-state index contributed by atoms with van der Waals surface area (Å²) in [5.41, 5.74) is 2.81. The minimum atomic E-state index is -0.164. The SMILES string of the molecule is COCc1c(C(=O)N(C)[C@@H](C)c2nc(C)cs2)cnn1-c1nccc(-c2cccs2)n1. The first-order valence-electron chi connectivity index (χ1n) is 9.62. The third-order valence-corrected chi connectivity index (χ3v) is 6.91. The van der Waals surface area contributed by atoms with Gasteiger partial charge in [0.05, 0.1) is 40.7 Å². The maximum absolute atomic E-state index is 13.3. The largest absolute Gasteiger partial charge is 0.378 e. The van der Waals surface area contributed by atoms with E-state index in [1.165, 1.54) is 0 Å². The highest BCUT2D eigenvalue weighted by Gasteiger charge is 2.26. The number of thiophene rings is 1. The molecule has 0 aliphatic rings. The van der Waals surface area contributed by atoms with Gasteiger partial charge in [0.25, 0.3) is 11.9 Å². The van der Waals surface area contributed by atoms with Crippen LogP contribution in [0.1, 0.15) is 39.7 Å². The van der Waals surface area contributed by atoms with E-state index >= 15 is 0 Å². The van der Waals surface area contributed by atoms with Crippen LogP contribution in [0.2, 0.25) is 0 Å². The number of carbonyl (C=O) groups excluding carboxylic acids is 1. The van der Waals surface area contributed by atoms with Crippen molar-refractivity contribution in [2.75, 3.05) is 14.2 Å². The number of thiazole rings is 1. The van der Waals surface area contributed by atoms with Crippen LogP contribution in [0.3, 0.4) is 0 Å². The van der Waals surface area contributed by atoms with Crippen LogP contribution in [0.15, 0.2) is 41.4 Å². The summed E-state index contributed by atoms with van der Waals surface area (Å²) in [7, 11) is 3.35. The lowest BCUT2D eigenvalue weighted by molar-refractivity contribution is 0.0737. The summed E-state index contributed by atoms with van der Waals surface area (Å²) >= 11 is 3.15. The number of carbonyl (C=O) groups is 1. The first-order valence-corrected chi connectivity index (χ1v) is 11.4. The van der Waals surface area contributed by atoms with Gasteiger partial charge < -0.3 is 9.64 Å². The number of rotatable bonds is 7. The van der Waals surface area contributed by atoms with Crippen LogP contribution in [-0.4, -0.2) is 49.7 Å². The van der Waals surface area contributed by atoms with Gasteiger partial charge in [0.1, 0.15) is 5.01 Å². The number of hydrogen-bond acceptors (Lipinski definition) is 8. The Morgan fingerprint density at radius 2 is 2.13 bits per heavy atom. The zero-order valence-electron chi connectivity index (χ0n) is 17.6. The molecular weight excluding hydrogens is 432 g/mol. The Labute approximate surface area is 188 Å². The number of ether oxygens (including phenoxy) is 1. The maximum Gasteiger partial charge on any atom is 0.257 e. The predicted molar refractivity (Wildman–Crippen MR) is 121 cm³/mol. The van der Waals surface area contributed by atoms with E-state index in [1.54, 1.807) is 58.8 Å². The molecule has 8 nitrogen and oxygen atoms in total. The molecule has 0 bridgehead atoms. The third kappa shape index (κ3) is 4.27. The van der Waals surface area contributed by atoms with Crippen molar-refractivity contribution in [2.45, 2.75) is 26.5 Å². The van der Waals surface area contributed by atoms with Crippen LogP contribution in [0.4, 0.5) is 0 Å². The first kappa shape index (κ1) is 21.3. The van der Waals surface area contributed by atoms with E-state index in [2.05, 4.69) is 20.1 Å². The van der Waals surface area contributed by atoms with Gasteiger partial charge >= 0.3 is 0 Å². The van der Waals surface area contributed by atoms with Crippen molar-refractivity contribution in [3.63, 3.8) is 0 Å².